The molecule has 0 spiro atoms. The number of ether oxygens (including phenoxy) is 1. The third kappa shape index (κ3) is 1.50. The first kappa shape index (κ1) is 9.71. The Bertz CT molecular complexity index is 649. The average molecular weight is 227 g/mol. The number of hydrogen-bond acceptors (Lipinski definition) is 5. The maximum absolute atomic E-state index is 5.15. The molecule has 0 saturated heterocycles. The van der Waals surface area contributed by atoms with E-state index < -0.39 is 0 Å². The molecule has 3 rings (SSSR count). The number of methoxy groups -OCH3 is 1. The monoisotopic (exact) mass is 227 g/mol. The molecule has 6 heteroatoms. The van der Waals surface area contributed by atoms with Crippen LogP contribution in [0.5, 0.6) is 5.88 Å². The zero-order chi connectivity index (χ0) is 11.7. The van der Waals surface area contributed by atoms with Gasteiger partial charge < -0.3 is 4.74 Å². The van der Waals surface area contributed by atoms with E-state index >= 15 is 0 Å². The molecule has 0 N–H and O–H groups in total. The molecule has 0 aliphatic heterocycles. The normalized spacial score (nSPS) is 10.6. The second-order valence-electron chi connectivity index (χ2n) is 3.40. The van der Waals surface area contributed by atoms with Gasteiger partial charge in [-0.2, -0.15) is 0 Å². The summed E-state index contributed by atoms with van der Waals surface area (Å²) >= 11 is 0. The molecular formula is C11H9N5O. The van der Waals surface area contributed by atoms with Gasteiger partial charge in [0.1, 0.15) is 6.33 Å². The molecule has 84 valence electrons. The molecule has 0 radical (unpaired) electrons. The number of rotatable bonds is 2. The zero-order valence-corrected chi connectivity index (χ0v) is 9.11. The molecule has 0 aliphatic rings. The minimum absolute atomic E-state index is 0.496. The van der Waals surface area contributed by atoms with E-state index in [-0.39, 0.29) is 0 Å². The van der Waals surface area contributed by atoms with E-state index in [9.17, 15) is 0 Å². The zero-order valence-electron chi connectivity index (χ0n) is 9.11. The Kier molecular flexibility index (Phi) is 2.18. The highest BCUT2D eigenvalue weighted by molar-refractivity contribution is 5.64. The van der Waals surface area contributed by atoms with Crippen LogP contribution >= 0.6 is 0 Å². The lowest BCUT2D eigenvalue weighted by atomic mass is 10.3. The van der Waals surface area contributed by atoms with Crippen molar-refractivity contribution in [1.82, 2.24) is 24.3 Å². The van der Waals surface area contributed by atoms with Gasteiger partial charge in [-0.05, 0) is 0 Å². The molecule has 3 aromatic heterocycles. The van der Waals surface area contributed by atoms with Gasteiger partial charge in [-0.25, -0.2) is 19.9 Å². The van der Waals surface area contributed by atoms with Crippen LogP contribution in [-0.2, 0) is 0 Å². The van der Waals surface area contributed by atoms with E-state index in [2.05, 4.69) is 19.9 Å². The lowest BCUT2D eigenvalue weighted by molar-refractivity contribution is 0.400. The summed E-state index contributed by atoms with van der Waals surface area (Å²) in [6, 6.07) is 0. The average Bonchev–Trinajstić information content (AvgIpc) is 2.83. The summed E-state index contributed by atoms with van der Waals surface area (Å²) in [5.41, 5.74) is 2.48. The van der Waals surface area contributed by atoms with Gasteiger partial charge in [-0.1, -0.05) is 0 Å². The summed E-state index contributed by atoms with van der Waals surface area (Å²) < 4.78 is 7.04. The van der Waals surface area contributed by atoms with Crippen molar-refractivity contribution in [3.8, 4) is 17.1 Å². The van der Waals surface area contributed by atoms with Gasteiger partial charge in [0.2, 0.25) is 5.65 Å². The quantitative estimate of drug-likeness (QED) is 0.658. The van der Waals surface area contributed by atoms with E-state index in [1.807, 2.05) is 10.6 Å². The molecular weight excluding hydrogens is 218 g/mol. The van der Waals surface area contributed by atoms with Crippen LogP contribution in [0.15, 0.2) is 37.3 Å². The van der Waals surface area contributed by atoms with Gasteiger partial charge in [-0.3, -0.25) is 4.40 Å². The molecule has 0 unspecified atom stereocenters. The Morgan fingerprint density at radius 1 is 1.12 bits per heavy atom. The van der Waals surface area contributed by atoms with Crippen molar-refractivity contribution < 1.29 is 4.74 Å². The van der Waals surface area contributed by atoms with Crippen LogP contribution in [0.3, 0.4) is 0 Å². The van der Waals surface area contributed by atoms with Crippen LogP contribution in [0.4, 0.5) is 0 Å². The fourth-order valence-corrected chi connectivity index (χ4v) is 1.68. The maximum atomic E-state index is 5.15. The van der Waals surface area contributed by atoms with E-state index in [0.29, 0.717) is 11.5 Å². The predicted octanol–water partition coefficient (Wildman–Crippen LogP) is 1.19. The highest BCUT2D eigenvalue weighted by Crippen LogP contribution is 2.22. The number of imidazole rings is 1. The van der Waals surface area contributed by atoms with Crippen molar-refractivity contribution in [2.45, 2.75) is 0 Å². The summed E-state index contributed by atoms with van der Waals surface area (Å²) in [6.07, 6.45) is 10.2. The molecule has 0 amide bonds. The number of hydrogen-bond donors (Lipinski definition) is 0. The molecule has 6 nitrogen and oxygen atoms in total. The summed E-state index contributed by atoms with van der Waals surface area (Å²) in [6.45, 7) is 0. The second-order valence-corrected chi connectivity index (χ2v) is 3.40. The Hall–Kier alpha value is -2.50. The van der Waals surface area contributed by atoms with Gasteiger partial charge >= 0.3 is 0 Å². The second kappa shape index (κ2) is 3.82. The van der Waals surface area contributed by atoms with Gasteiger partial charge in [0, 0.05) is 30.4 Å². The van der Waals surface area contributed by atoms with E-state index in [4.69, 9.17) is 4.74 Å². The topological polar surface area (TPSA) is 65.2 Å². The first-order chi connectivity index (χ1) is 8.40. The van der Waals surface area contributed by atoms with Crippen molar-refractivity contribution in [2.24, 2.45) is 0 Å². The van der Waals surface area contributed by atoms with Gasteiger partial charge in [-0.15, -0.1) is 0 Å². The predicted molar refractivity (Wildman–Crippen MR) is 60.6 cm³/mol. The van der Waals surface area contributed by atoms with Gasteiger partial charge in [0.15, 0.2) is 0 Å². The standard InChI is InChI=1S/C11H9N5O/c1-17-11-10-15-6-9(16(10)3-2-14-11)8-4-12-7-13-5-8/h2-7H,1H3. The largest absolute Gasteiger partial charge is 0.478 e. The van der Waals surface area contributed by atoms with Crippen LogP contribution < -0.4 is 4.74 Å². The van der Waals surface area contributed by atoms with Crippen LogP contribution in [0, 0.1) is 0 Å². The third-order valence-electron chi connectivity index (χ3n) is 2.45. The highest BCUT2D eigenvalue weighted by atomic mass is 16.5. The minimum atomic E-state index is 0.496. The van der Waals surface area contributed by atoms with E-state index in [1.54, 1.807) is 31.9 Å². The fraction of sp³-hybridized carbons (Fsp3) is 0.0909. The SMILES string of the molecule is COc1nccn2c(-c3cncnc3)cnc12. The molecule has 3 heterocycles. The Morgan fingerprint density at radius 2 is 1.94 bits per heavy atom. The summed E-state index contributed by atoms with van der Waals surface area (Å²) in [5.74, 6) is 0.496. The Labute approximate surface area is 97.0 Å². The number of nitrogens with zero attached hydrogens (tertiary/aromatic N) is 5. The van der Waals surface area contributed by atoms with Crippen molar-refractivity contribution >= 4 is 5.65 Å². The Balaban J connectivity index is 2.26. The Morgan fingerprint density at radius 3 is 2.71 bits per heavy atom. The molecule has 0 saturated carbocycles. The van der Waals surface area contributed by atoms with Crippen LogP contribution in [0.25, 0.3) is 16.9 Å². The van der Waals surface area contributed by atoms with Gasteiger partial charge in [0.05, 0.1) is 19.0 Å². The third-order valence-corrected chi connectivity index (χ3v) is 2.45. The summed E-state index contributed by atoms with van der Waals surface area (Å²) in [5, 5.41) is 0. The van der Waals surface area contributed by atoms with Crippen LogP contribution in [-0.4, -0.2) is 31.4 Å². The van der Waals surface area contributed by atoms with Crippen LogP contribution in [0.1, 0.15) is 0 Å². The molecule has 0 atom stereocenters. The molecule has 3 aromatic rings. The maximum Gasteiger partial charge on any atom is 0.258 e. The highest BCUT2D eigenvalue weighted by Gasteiger charge is 2.10. The smallest absolute Gasteiger partial charge is 0.258 e. The minimum Gasteiger partial charge on any atom is -0.478 e. The van der Waals surface area contributed by atoms with Crippen molar-refractivity contribution in [3.63, 3.8) is 0 Å². The lowest BCUT2D eigenvalue weighted by Crippen LogP contribution is -1.94. The van der Waals surface area contributed by atoms with E-state index in [1.165, 1.54) is 6.33 Å². The van der Waals surface area contributed by atoms with E-state index in [0.717, 1.165) is 11.3 Å². The summed E-state index contributed by atoms with van der Waals surface area (Å²) in [7, 11) is 1.57. The fourth-order valence-electron chi connectivity index (χ4n) is 1.68. The molecule has 0 fully saturated rings. The van der Waals surface area contributed by atoms with Crippen LogP contribution in [0.2, 0.25) is 0 Å². The number of aromatic nitrogens is 5. The van der Waals surface area contributed by atoms with Gasteiger partial charge in [0.25, 0.3) is 5.88 Å². The lowest BCUT2D eigenvalue weighted by Gasteiger charge is -2.02. The first-order valence-electron chi connectivity index (χ1n) is 5.01. The molecule has 0 aromatic carbocycles. The van der Waals surface area contributed by atoms with Crippen molar-refractivity contribution in [1.29, 1.82) is 0 Å². The molecule has 0 bridgehead atoms. The molecule has 0 aliphatic carbocycles. The molecule has 17 heavy (non-hydrogen) atoms. The number of fused-ring (bicyclic) bond motifs is 1. The first-order valence-corrected chi connectivity index (χ1v) is 5.01. The van der Waals surface area contributed by atoms with Crippen molar-refractivity contribution in [3.05, 3.63) is 37.3 Å². The summed E-state index contributed by atoms with van der Waals surface area (Å²) in [4.78, 5) is 16.4. The van der Waals surface area contributed by atoms with Crippen molar-refractivity contribution in [2.75, 3.05) is 7.11 Å².